The van der Waals surface area contributed by atoms with Crippen molar-refractivity contribution in [3.8, 4) is 0 Å². The molecule has 0 saturated heterocycles. The first-order valence-electron chi connectivity index (χ1n) is 6.00. The minimum absolute atomic E-state index is 0.339. The molecule has 0 unspecified atom stereocenters. The van der Waals surface area contributed by atoms with Crippen LogP contribution in [0.25, 0.3) is 0 Å². The number of rotatable bonds is 5. The van der Waals surface area contributed by atoms with Gasteiger partial charge in [-0.25, -0.2) is 4.79 Å². The minimum atomic E-state index is -1.11. The van der Waals surface area contributed by atoms with Crippen molar-refractivity contribution in [1.82, 2.24) is 5.32 Å². The molecule has 5 nitrogen and oxygen atoms in total. The fourth-order valence-corrected chi connectivity index (χ4v) is 2.12. The number of hydrogen-bond acceptors (Lipinski definition) is 3. The first-order chi connectivity index (χ1) is 8.11. The number of carboxylic acid groups (broad SMARTS) is 1. The summed E-state index contributed by atoms with van der Waals surface area (Å²) in [5.74, 6) is -0.314. The third-order valence-electron chi connectivity index (χ3n) is 3.24. The molecule has 0 aromatic rings. The van der Waals surface area contributed by atoms with Crippen molar-refractivity contribution in [3.05, 3.63) is 12.2 Å². The summed E-state index contributed by atoms with van der Waals surface area (Å²) in [5.41, 5.74) is 5.60. The molecular formula is C12H20N2O3. The average molecular weight is 240 g/mol. The fourth-order valence-electron chi connectivity index (χ4n) is 2.12. The van der Waals surface area contributed by atoms with Crippen LogP contribution < -0.4 is 11.1 Å². The summed E-state index contributed by atoms with van der Waals surface area (Å²) in [6.07, 6.45) is 6.33. The number of amides is 1. The Morgan fingerprint density at radius 1 is 1.18 bits per heavy atom. The van der Waals surface area contributed by atoms with E-state index in [1.165, 1.54) is 0 Å². The van der Waals surface area contributed by atoms with E-state index >= 15 is 0 Å². The van der Waals surface area contributed by atoms with E-state index < -0.39 is 5.97 Å². The summed E-state index contributed by atoms with van der Waals surface area (Å²) < 4.78 is 0. The number of hydrogen-bond donors (Lipinski definition) is 3. The maximum absolute atomic E-state index is 11.2. The van der Waals surface area contributed by atoms with E-state index in [-0.39, 0.29) is 5.91 Å². The molecule has 1 aliphatic rings. The van der Waals surface area contributed by atoms with Crippen LogP contribution in [0.15, 0.2) is 12.2 Å². The highest BCUT2D eigenvalue weighted by molar-refractivity contribution is 5.93. The Bertz CT molecular complexity index is 294. The van der Waals surface area contributed by atoms with Crippen molar-refractivity contribution in [2.45, 2.75) is 25.7 Å². The molecule has 0 atom stereocenters. The Hall–Kier alpha value is -1.36. The summed E-state index contributed by atoms with van der Waals surface area (Å²) in [6.45, 7) is 1.38. The molecule has 0 aromatic carbocycles. The molecule has 5 heteroatoms. The maximum atomic E-state index is 11.2. The van der Waals surface area contributed by atoms with E-state index in [2.05, 4.69) is 5.32 Å². The fraction of sp³-hybridized carbons (Fsp3) is 0.667. The number of carboxylic acids is 1. The zero-order valence-corrected chi connectivity index (χ0v) is 9.89. The smallest absolute Gasteiger partial charge is 0.328 e. The van der Waals surface area contributed by atoms with Crippen LogP contribution in [0, 0.1) is 11.8 Å². The van der Waals surface area contributed by atoms with E-state index in [0.717, 1.165) is 44.4 Å². The van der Waals surface area contributed by atoms with E-state index in [9.17, 15) is 9.59 Å². The zero-order chi connectivity index (χ0) is 12.7. The van der Waals surface area contributed by atoms with Crippen molar-refractivity contribution in [3.63, 3.8) is 0 Å². The summed E-state index contributed by atoms with van der Waals surface area (Å²) in [4.78, 5) is 21.4. The lowest BCUT2D eigenvalue weighted by molar-refractivity contribution is -0.131. The molecule has 96 valence electrons. The second-order valence-electron chi connectivity index (χ2n) is 4.54. The van der Waals surface area contributed by atoms with E-state index in [1.807, 2.05) is 0 Å². The van der Waals surface area contributed by atoms with Crippen molar-refractivity contribution in [2.75, 3.05) is 13.1 Å². The Balaban J connectivity index is 2.19. The second-order valence-corrected chi connectivity index (χ2v) is 4.54. The van der Waals surface area contributed by atoms with Crippen LogP contribution in [0.5, 0.6) is 0 Å². The van der Waals surface area contributed by atoms with Gasteiger partial charge < -0.3 is 16.2 Å². The summed E-state index contributed by atoms with van der Waals surface area (Å²) in [7, 11) is 0. The summed E-state index contributed by atoms with van der Waals surface area (Å²) in [5, 5.41) is 11.1. The topological polar surface area (TPSA) is 92.4 Å². The number of aliphatic carboxylic acids is 1. The van der Waals surface area contributed by atoms with Crippen molar-refractivity contribution in [1.29, 1.82) is 0 Å². The van der Waals surface area contributed by atoms with Crippen molar-refractivity contribution in [2.24, 2.45) is 17.6 Å². The van der Waals surface area contributed by atoms with Gasteiger partial charge in [0.2, 0.25) is 5.91 Å². The van der Waals surface area contributed by atoms with Crippen LogP contribution in [0.2, 0.25) is 0 Å². The Morgan fingerprint density at radius 3 is 2.29 bits per heavy atom. The largest absolute Gasteiger partial charge is 0.478 e. The lowest BCUT2D eigenvalue weighted by Crippen LogP contribution is -2.31. The zero-order valence-electron chi connectivity index (χ0n) is 9.89. The molecule has 1 rings (SSSR count). The molecular weight excluding hydrogens is 220 g/mol. The number of carbonyl (C=O) groups excluding carboxylic acids is 1. The van der Waals surface area contributed by atoms with Crippen LogP contribution in [0.1, 0.15) is 25.7 Å². The molecule has 17 heavy (non-hydrogen) atoms. The molecule has 0 heterocycles. The van der Waals surface area contributed by atoms with Gasteiger partial charge in [0.1, 0.15) is 0 Å². The number of carbonyl (C=O) groups is 2. The average Bonchev–Trinajstić information content (AvgIpc) is 2.34. The summed E-state index contributed by atoms with van der Waals surface area (Å²) in [6, 6.07) is 0. The Morgan fingerprint density at radius 2 is 1.76 bits per heavy atom. The van der Waals surface area contributed by atoms with Gasteiger partial charge in [-0.05, 0) is 44.1 Å². The molecule has 1 saturated carbocycles. The highest BCUT2D eigenvalue weighted by Gasteiger charge is 2.20. The van der Waals surface area contributed by atoms with Gasteiger partial charge in [0.05, 0.1) is 0 Å². The van der Waals surface area contributed by atoms with E-state index in [4.69, 9.17) is 10.8 Å². The van der Waals surface area contributed by atoms with Gasteiger partial charge in [-0.2, -0.15) is 0 Å². The van der Waals surface area contributed by atoms with Crippen LogP contribution in [0.3, 0.4) is 0 Å². The Kier molecular flexibility index (Phi) is 5.69. The lowest BCUT2D eigenvalue weighted by Gasteiger charge is -2.27. The molecule has 0 aliphatic heterocycles. The van der Waals surface area contributed by atoms with E-state index in [1.54, 1.807) is 0 Å². The minimum Gasteiger partial charge on any atom is -0.478 e. The van der Waals surface area contributed by atoms with Crippen LogP contribution >= 0.6 is 0 Å². The first kappa shape index (κ1) is 13.7. The molecule has 4 N–H and O–H groups in total. The van der Waals surface area contributed by atoms with Gasteiger partial charge in [0, 0.05) is 18.7 Å². The van der Waals surface area contributed by atoms with E-state index in [0.29, 0.717) is 18.4 Å². The molecule has 0 radical (unpaired) electrons. The third kappa shape index (κ3) is 5.49. The molecule has 1 fully saturated rings. The maximum Gasteiger partial charge on any atom is 0.328 e. The SMILES string of the molecule is NCC1CCC(CNC(=O)/C=C\C(=O)O)CC1. The van der Waals surface area contributed by atoms with Gasteiger partial charge in [-0.1, -0.05) is 0 Å². The molecule has 0 bridgehead atoms. The quantitative estimate of drug-likeness (QED) is 0.610. The third-order valence-corrected chi connectivity index (χ3v) is 3.24. The molecule has 1 aliphatic carbocycles. The molecule has 0 aromatic heterocycles. The predicted octanol–water partition coefficient (Wildman–Crippen LogP) is 0.509. The van der Waals surface area contributed by atoms with Crippen molar-refractivity contribution >= 4 is 11.9 Å². The van der Waals surface area contributed by atoms with Crippen molar-refractivity contribution < 1.29 is 14.7 Å². The highest BCUT2D eigenvalue weighted by atomic mass is 16.4. The van der Waals surface area contributed by atoms with Gasteiger partial charge >= 0.3 is 5.97 Å². The standard InChI is InChI=1S/C12H20N2O3/c13-7-9-1-3-10(4-2-9)8-14-11(15)5-6-12(16)17/h5-6,9-10H,1-4,7-8,13H2,(H,14,15)(H,16,17)/b6-5-. The number of nitrogens with one attached hydrogen (secondary N) is 1. The number of nitrogens with two attached hydrogens (primary N) is 1. The highest BCUT2D eigenvalue weighted by Crippen LogP contribution is 2.27. The molecule has 1 amide bonds. The lowest BCUT2D eigenvalue weighted by atomic mass is 9.82. The normalized spacial score (nSPS) is 24.8. The summed E-state index contributed by atoms with van der Waals surface area (Å²) >= 11 is 0. The van der Waals surface area contributed by atoms with Gasteiger partial charge in [0.15, 0.2) is 0 Å². The first-order valence-corrected chi connectivity index (χ1v) is 6.00. The molecule has 0 spiro atoms. The van der Waals surface area contributed by atoms with Gasteiger partial charge in [-0.15, -0.1) is 0 Å². The predicted molar refractivity (Wildman–Crippen MR) is 64.3 cm³/mol. The second kappa shape index (κ2) is 7.06. The Labute approximate surface area is 101 Å². The van der Waals surface area contributed by atoms with Crippen LogP contribution in [0.4, 0.5) is 0 Å². The van der Waals surface area contributed by atoms with Gasteiger partial charge in [0.25, 0.3) is 0 Å². The van der Waals surface area contributed by atoms with Crippen LogP contribution in [-0.2, 0) is 9.59 Å². The monoisotopic (exact) mass is 240 g/mol. The van der Waals surface area contributed by atoms with Gasteiger partial charge in [-0.3, -0.25) is 4.79 Å². The van der Waals surface area contributed by atoms with Crippen LogP contribution in [-0.4, -0.2) is 30.1 Å².